The van der Waals surface area contributed by atoms with E-state index in [9.17, 15) is 13.2 Å². The average Bonchev–Trinajstić information content (AvgIpc) is 3.20. The van der Waals surface area contributed by atoms with E-state index in [2.05, 4.69) is 5.32 Å². The highest BCUT2D eigenvalue weighted by molar-refractivity contribution is 7.92. The molecular weight excluding hydrogens is 400 g/mol. The molecule has 2 aromatic rings. The van der Waals surface area contributed by atoms with Crippen molar-refractivity contribution in [2.24, 2.45) is 0 Å². The van der Waals surface area contributed by atoms with Gasteiger partial charge in [-0.15, -0.1) is 0 Å². The van der Waals surface area contributed by atoms with Crippen molar-refractivity contribution in [2.45, 2.75) is 30.8 Å². The molecule has 0 unspecified atom stereocenters. The lowest BCUT2D eigenvalue weighted by Crippen LogP contribution is -2.32. The Morgan fingerprint density at radius 1 is 1.25 bits per heavy atom. The van der Waals surface area contributed by atoms with Gasteiger partial charge in [0.2, 0.25) is 0 Å². The number of nitrogens with zero attached hydrogens (tertiary/aromatic N) is 1. The van der Waals surface area contributed by atoms with Gasteiger partial charge in [0.15, 0.2) is 0 Å². The number of ether oxygens (including phenoxy) is 1. The summed E-state index contributed by atoms with van der Waals surface area (Å²) in [4.78, 5) is 12.6. The quantitative estimate of drug-likeness (QED) is 0.774. The van der Waals surface area contributed by atoms with Crippen molar-refractivity contribution in [3.8, 4) is 0 Å². The zero-order valence-corrected chi connectivity index (χ0v) is 17.4. The van der Waals surface area contributed by atoms with Crippen molar-refractivity contribution in [2.75, 3.05) is 24.5 Å². The lowest BCUT2D eigenvalue weighted by atomic mass is 10.1. The van der Waals surface area contributed by atoms with Crippen LogP contribution in [0, 0.1) is 6.92 Å². The summed E-state index contributed by atoms with van der Waals surface area (Å²) in [7, 11) is -2.30. The van der Waals surface area contributed by atoms with E-state index in [1.165, 1.54) is 35.6 Å². The predicted octanol–water partition coefficient (Wildman–Crippen LogP) is 3.38. The zero-order valence-electron chi connectivity index (χ0n) is 15.8. The van der Waals surface area contributed by atoms with Crippen molar-refractivity contribution in [1.29, 1.82) is 0 Å². The molecule has 0 aliphatic carbocycles. The third-order valence-electron chi connectivity index (χ3n) is 4.80. The standard InChI is InChI=1S/C20H23ClN2O4S/c1-14-5-6-15(20(24)22-13-17-4-3-11-27-17)12-19(14)23(2)28(25,26)18-9-7-16(21)8-10-18/h5-10,12,17H,3-4,11,13H2,1-2H3,(H,22,24)/t17-/m1/s1. The van der Waals surface area contributed by atoms with Crippen LogP contribution in [0.1, 0.15) is 28.8 Å². The van der Waals surface area contributed by atoms with Crippen LogP contribution < -0.4 is 9.62 Å². The van der Waals surface area contributed by atoms with Gasteiger partial charge in [0.05, 0.1) is 16.7 Å². The largest absolute Gasteiger partial charge is 0.376 e. The molecule has 0 bridgehead atoms. The van der Waals surface area contributed by atoms with Crippen LogP contribution in [-0.2, 0) is 14.8 Å². The molecule has 6 nitrogen and oxygen atoms in total. The van der Waals surface area contributed by atoms with Gasteiger partial charge in [0.1, 0.15) is 0 Å². The molecule has 28 heavy (non-hydrogen) atoms. The van der Waals surface area contributed by atoms with E-state index >= 15 is 0 Å². The summed E-state index contributed by atoms with van der Waals surface area (Å²) in [6.45, 7) is 2.97. The Morgan fingerprint density at radius 2 is 1.96 bits per heavy atom. The molecule has 8 heteroatoms. The van der Waals surface area contributed by atoms with Gasteiger partial charge < -0.3 is 10.1 Å². The Bertz CT molecular complexity index is 955. The number of halogens is 1. The Kier molecular flexibility index (Phi) is 6.27. The van der Waals surface area contributed by atoms with Crippen LogP contribution in [0.15, 0.2) is 47.4 Å². The number of anilines is 1. The molecule has 0 radical (unpaired) electrons. The van der Waals surface area contributed by atoms with Crippen molar-refractivity contribution >= 4 is 33.2 Å². The SMILES string of the molecule is Cc1ccc(C(=O)NC[C@H]2CCCO2)cc1N(C)S(=O)(=O)c1ccc(Cl)cc1. The molecule has 1 aliphatic rings. The third kappa shape index (κ3) is 4.48. The van der Waals surface area contributed by atoms with Crippen LogP contribution in [-0.4, -0.2) is 40.6 Å². The van der Waals surface area contributed by atoms with E-state index in [1.807, 2.05) is 0 Å². The summed E-state index contributed by atoms with van der Waals surface area (Å²) in [5.41, 5.74) is 1.59. The van der Waals surface area contributed by atoms with Gasteiger partial charge in [-0.1, -0.05) is 17.7 Å². The maximum absolute atomic E-state index is 12.9. The van der Waals surface area contributed by atoms with Gasteiger partial charge in [-0.2, -0.15) is 0 Å². The maximum atomic E-state index is 12.9. The van der Waals surface area contributed by atoms with Crippen molar-refractivity contribution in [3.63, 3.8) is 0 Å². The summed E-state index contributed by atoms with van der Waals surface area (Å²) in [6.07, 6.45) is 1.98. The molecule has 3 rings (SSSR count). The monoisotopic (exact) mass is 422 g/mol. The minimum Gasteiger partial charge on any atom is -0.376 e. The van der Waals surface area contributed by atoms with Crippen LogP contribution in [0.3, 0.4) is 0 Å². The van der Waals surface area contributed by atoms with E-state index in [-0.39, 0.29) is 16.9 Å². The van der Waals surface area contributed by atoms with E-state index in [4.69, 9.17) is 16.3 Å². The highest BCUT2D eigenvalue weighted by atomic mass is 35.5. The second-order valence-electron chi connectivity index (χ2n) is 6.77. The fourth-order valence-electron chi connectivity index (χ4n) is 3.10. The Balaban J connectivity index is 1.81. The number of aryl methyl sites for hydroxylation is 1. The number of hydrogen-bond acceptors (Lipinski definition) is 4. The van der Waals surface area contributed by atoms with E-state index in [0.29, 0.717) is 22.8 Å². The molecule has 150 valence electrons. The molecule has 1 amide bonds. The molecule has 1 heterocycles. The third-order valence-corrected chi connectivity index (χ3v) is 6.83. The number of carbonyl (C=O) groups excluding carboxylic acids is 1. The van der Waals surface area contributed by atoms with Gasteiger partial charge in [-0.25, -0.2) is 8.42 Å². The number of rotatable bonds is 6. The van der Waals surface area contributed by atoms with Crippen LogP contribution in [0.4, 0.5) is 5.69 Å². The molecule has 1 saturated heterocycles. The summed E-state index contributed by atoms with van der Waals surface area (Å²) < 4.78 is 32.6. The molecule has 1 N–H and O–H groups in total. The smallest absolute Gasteiger partial charge is 0.264 e. The van der Waals surface area contributed by atoms with E-state index in [0.717, 1.165) is 25.0 Å². The van der Waals surface area contributed by atoms with Gasteiger partial charge in [0.25, 0.3) is 15.9 Å². The normalized spacial score (nSPS) is 16.8. The fraction of sp³-hybridized carbons (Fsp3) is 0.350. The lowest BCUT2D eigenvalue weighted by molar-refractivity contribution is 0.0858. The molecule has 0 saturated carbocycles. The van der Waals surface area contributed by atoms with Gasteiger partial charge in [0, 0.05) is 30.8 Å². The number of benzene rings is 2. The van der Waals surface area contributed by atoms with Crippen LogP contribution >= 0.6 is 11.6 Å². The first kappa shape index (κ1) is 20.6. The summed E-state index contributed by atoms with van der Waals surface area (Å²) in [5.74, 6) is -0.256. The number of nitrogens with one attached hydrogen (secondary N) is 1. The Morgan fingerprint density at radius 3 is 2.61 bits per heavy atom. The van der Waals surface area contributed by atoms with E-state index in [1.54, 1.807) is 25.1 Å². The average molecular weight is 423 g/mol. The van der Waals surface area contributed by atoms with Crippen molar-refractivity contribution in [3.05, 3.63) is 58.6 Å². The summed E-state index contributed by atoms with van der Waals surface area (Å²) >= 11 is 5.85. The highest BCUT2D eigenvalue weighted by Crippen LogP contribution is 2.27. The molecule has 1 aliphatic heterocycles. The number of sulfonamides is 1. The van der Waals surface area contributed by atoms with Crippen LogP contribution in [0.2, 0.25) is 5.02 Å². The number of carbonyl (C=O) groups is 1. The maximum Gasteiger partial charge on any atom is 0.264 e. The Hall–Kier alpha value is -2.09. The molecule has 2 aromatic carbocycles. The van der Waals surface area contributed by atoms with Crippen molar-refractivity contribution in [1.82, 2.24) is 5.32 Å². The second kappa shape index (κ2) is 8.51. The Labute approximate surface area is 170 Å². The second-order valence-corrected chi connectivity index (χ2v) is 9.18. The van der Waals surface area contributed by atoms with Crippen LogP contribution in [0.25, 0.3) is 0 Å². The fourth-order valence-corrected chi connectivity index (χ4v) is 4.48. The first-order valence-corrected chi connectivity index (χ1v) is 10.9. The van der Waals surface area contributed by atoms with Gasteiger partial charge >= 0.3 is 0 Å². The zero-order chi connectivity index (χ0) is 20.3. The summed E-state index contributed by atoms with van der Waals surface area (Å²) in [6, 6.07) is 11.0. The number of amides is 1. The van der Waals surface area contributed by atoms with Gasteiger partial charge in [-0.3, -0.25) is 9.10 Å². The molecule has 0 aromatic heterocycles. The van der Waals surface area contributed by atoms with Crippen molar-refractivity contribution < 1.29 is 17.9 Å². The van der Waals surface area contributed by atoms with Gasteiger partial charge in [-0.05, 0) is 61.7 Å². The topological polar surface area (TPSA) is 75.7 Å². The molecule has 1 atom stereocenters. The molecule has 1 fully saturated rings. The molecular formula is C20H23ClN2O4S. The first-order valence-electron chi connectivity index (χ1n) is 9.04. The first-order chi connectivity index (χ1) is 13.3. The summed E-state index contributed by atoms with van der Waals surface area (Å²) in [5, 5.41) is 3.32. The number of hydrogen-bond donors (Lipinski definition) is 1. The highest BCUT2D eigenvalue weighted by Gasteiger charge is 2.24. The minimum absolute atomic E-state index is 0.0434. The van der Waals surface area contributed by atoms with Crippen LogP contribution in [0.5, 0.6) is 0 Å². The van der Waals surface area contributed by atoms with E-state index < -0.39 is 10.0 Å². The predicted molar refractivity (Wildman–Crippen MR) is 110 cm³/mol. The lowest BCUT2D eigenvalue weighted by Gasteiger charge is -2.22. The minimum atomic E-state index is -3.78. The molecule has 0 spiro atoms.